The molecule has 0 aliphatic rings. The summed E-state index contributed by atoms with van der Waals surface area (Å²) in [4.78, 5) is 0. The minimum absolute atomic E-state index is 0.505. The Labute approximate surface area is 95.4 Å². The number of ether oxygens (including phenoxy) is 1. The first-order chi connectivity index (χ1) is 7.76. The van der Waals surface area contributed by atoms with Gasteiger partial charge >= 0.3 is 0 Å². The van der Waals surface area contributed by atoms with Crippen molar-refractivity contribution in [3.8, 4) is 5.75 Å². The van der Waals surface area contributed by atoms with E-state index in [0.29, 0.717) is 12.3 Å². The maximum absolute atomic E-state index is 8.46. The third kappa shape index (κ3) is 4.00. The molecule has 0 amide bonds. The maximum atomic E-state index is 8.46. The highest BCUT2D eigenvalue weighted by molar-refractivity contribution is 5.95. The van der Waals surface area contributed by atoms with E-state index in [4.69, 9.17) is 9.94 Å². The Hall–Kier alpha value is -2.03. The van der Waals surface area contributed by atoms with E-state index in [1.54, 1.807) is 19.1 Å². The SMILES string of the molecule is C=CCOc1ccc(/C=C/C(C)=N\O)cc1. The molecule has 0 heterocycles. The molecular weight excluding hydrogens is 202 g/mol. The van der Waals surface area contributed by atoms with Crippen LogP contribution in [0.15, 0.2) is 48.2 Å². The third-order valence-corrected chi connectivity index (χ3v) is 1.92. The van der Waals surface area contributed by atoms with E-state index >= 15 is 0 Å². The zero-order chi connectivity index (χ0) is 11.8. The zero-order valence-corrected chi connectivity index (χ0v) is 9.26. The van der Waals surface area contributed by atoms with Gasteiger partial charge in [-0.2, -0.15) is 0 Å². The normalized spacial score (nSPS) is 11.7. The zero-order valence-electron chi connectivity index (χ0n) is 9.26. The van der Waals surface area contributed by atoms with Crippen LogP contribution in [-0.4, -0.2) is 17.5 Å². The Morgan fingerprint density at radius 1 is 1.44 bits per heavy atom. The minimum atomic E-state index is 0.505. The highest BCUT2D eigenvalue weighted by Crippen LogP contribution is 2.13. The summed E-state index contributed by atoms with van der Waals surface area (Å²) >= 11 is 0. The Morgan fingerprint density at radius 2 is 2.12 bits per heavy atom. The molecule has 0 saturated heterocycles. The van der Waals surface area contributed by atoms with Crippen molar-refractivity contribution in [2.75, 3.05) is 6.61 Å². The van der Waals surface area contributed by atoms with Gasteiger partial charge in [0.2, 0.25) is 0 Å². The lowest BCUT2D eigenvalue weighted by molar-refractivity contribution is 0.319. The number of oxime groups is 1. The van der Waals surface area contributed by atoms with Crippen molar-refractivity contribution in [3.05, 3.63) is 48.6 Å². The van der Waals surface area contributed by atoms with Crippen molar-refractivity contribution in [3.63, 3.8) is 0 Å². The predicted molar refractivity (Wildman–Crippen MR) is 66.1 cm³/mol. The average molecular weight is 217 g/mol. The van der Waals surface area contributed by atoms with Gasteiger partial charge in [0.1, 0.15) is 12.4 Å². The van der Waals surface area contributed by atoms with Gasteiger partial charge in [0.05, 0.1) is 5.71 Å². The first-order valence-electron chi connectivity index (χ1n) is 4.96. The molecular formula is C13H15NO2. The number of nitrogens with zero attached hydrogens (tertiary/aromatic N) is 1. The van der Waals surface area contributed by atoms with E-state index in [-0.39, 0.29) is 0 Å². The topological polar surface area (TPSA) is 41.8 Å². The monoisotopic (exact) mass is 217 g/mol. The Bertz CT molecular complexity index is 391. The average Bonchev–Trinajstić information content (AvgIpc) is 2.34. The second-order valence-electron chi connectivity index (χ2n) is 3.24. The second kappa shape index (κ2) is 6.45. The Morgan fingerprint density at radius 3 is 2.69 bits per heavy atom. The highest BCUT2D eigenvalue weighted by atomic mass is 16.5. The van der Waals surface area contributed by atoms with Gasteiger partial charge < -0.3 is 9.94 Å². The molecule has 1 aromatic carbocycles. The van der Waals surface area contributed by atoms with Crippen LogP contribution < -0.4 is 4.74 Å². The lowest BCUT2D eigenvalue weighted by Crippen LogP contribution is -1.92. The summed E-state index contributed by atoms with van der Waals surface area (Å²) in [5, 5.41) is 11.5. The molecule has 1 rings (SSSR count). The van der Waals surface area contributed by atoms with Crippen LogP contribution in [0.1, 0.15) is 12.5 Å². The molecule has 0 radical (unpaired) electrons. The Balaban J connectivity index is 2.64. The van der Waals surface area contributed by atoms with Gasteiger partial charge in [-0.15, -0.1) is 0 Å². The number of hydrogen-bond acceptors (Lipinski definition) is 3. The summed E-state index contributed by atoms with van der Waals surface area (Å²) in [5.41, 5.74) is 1.58. The maximum Gasteiger partial charge on any atom is 0.119 e. The van der Waals surface area contributed by atoms with Crippen LogP contribution in [0.2, 0.25) is 0 Å². The van der Waals surface area contributed by atoms with Crippen LogP contribution in [0.25, 0.3) is 6.08 Å². The lowest BCUT2D eigenvalue weighted by atomic mass is 10.2. The van der Waals surface area contributed by atoms with Crippen molar-refractivity contribution < 1.29 is 9.94 Å². The summed E-state index contributed by atoms with van der Waals surface area (Å²) in [6.07, 6.45) is 5.31. The van der Waals surface area contributed by atoms with E-state index in [9.17, 15) is 0 Å². The van der Waals surface area contributed by atoms with E-state index < -0.39 is 0 Å². The molecule has 0 atom stereocenters. The summed E-state index contributed by atoms with van der Waals surface area (Å²) in [5.74, 6) is 0.810. The van der Waals surface area contributed by atoms with Gasteiger partial charge in [-0.3, -0.25) is 0 Å². The molecule has 0 aliphatic heterocycles. The smallest absolute Gasteiger partial charge is 0.119 e. The molecule has 3 heteroatoms. The number of rotatable bonds is 5. The van der Waals surface area contributed by atoms with Crippen LogP contribution in [0.5, 0.6) is 5.75 Å². The fourth-order valence-corrected chi connectivity index (χ4v) is 1.08. The minimum Gasteiger partial charge on any atom is -0.490 e. The van der Waals surface area contributed by atoms with Gasteiger partial charge in [-0.25, -0.2) is 0 Å². The van der Waals surface area contributed by atoms with Gasteiger partial charge in [0, 0.05) is 0 Å². The molecule has 16 heavy (non-hydrogen) atoms. The fraction of sp³-hybridized carbons (Fsp3) is 0.154. The van der Waals surface area contributed by atoms with Crippen molar-refractivity contribution >= 4 is 11.8 Å². The quantitative estimate of drug-likeness (QED) is 0.356. The van der Waals surface area contributed by atoms with Crippen molar-refractivity contribution in [1.29, 1.82) is 0 Å². The predicted octanol–water partition coefficient (Wildman–Crippen LogP) is 3.11. The van der Waals surface area contributed by atoms with Crippen LogP contribution in [0.4, 0.5) is 0 Å². The van der Waals surface area contributed by atoms with Crippen LogP contribution in [0.3, 0.4) is 0 Å². The largest absolute Gasteiger partial charge is 0.490 e. The lowest BCUT2D eigenvalue weighted by Gasteiger charge is -2.02. The molecule has 1 aromatic rings. The van der Waals surface area contributed by atoms with E-state index in [1.165, 1.54) is 0 Å². The second-order valence-corrected chi connectivity index (χ2v) is 3.24. The molecule has 0 spiro atoms. The summed E-state index contributed by atoms with van der Waals surface area (Å²) in [7, 11) is 0. The van der Waals surface area contributed by atoms with Crippen LogP contribution >= 0.6 is 0 Å². The molecule has 3 nitrogen and oxygen atoms in total. The summed E-state index contributed by atoms with van der Waals surface area (Å²) < 4.78 is 5.35. The first-order valence-corrected chi connectivity index (χ1v) is 4.96. The van der Waals surface area contributed by atoms with E-state index in [1.807, 2.05) is 30.3 Å². The molecule has 84 valence electrons. The van der Waals surface area contributed by atoms with E-state index in [0.717, 1.165) is 11.3 Å². The third-order valence-electron chi connectivity index (χ3n) is 1.92. The number of hydrogen-bond donors (Lipinski definition) is 1. The fourth-order valence-electron chi connectivity index (χ4n) is 1.08. The molecule has 0 unspecified atom stereocenters. The Kier molecular flexibility index (Phi) is 4.86. The van der Waals surface area contributed by atoms with Gasteiger partial charge in [-0.05, 0) is 30.7 Å². The highest BCUT2D eigenvalue weighted by Gasteiger charge is 1.92. The number of benzene rings is 1. The number of allylic oxidation sites excluding steroid dienone is 1. The van der Waals surface area contributed by atoms with E-state index in [2.05, 4.69) is 11.7 Å². The molecule has 0 saturated carbocycles. The summed E-state index contributed by atoms with van der Waals surface area (Å²) in [6, 6.07) is 7.63. The molecule has 0 bridgehead atoms. The van der Waals surface area contributed by atoms with Gasteiger partial charge in [0.25, 0.3) is 0 Å². The van der Waals surface area contributed by atoms with Gasteiger partial charge in [0.15, 0.2) is 0 Å². The van der Waals surface area contributed by atoms with Crippen molar-refractivity contribution in [2.45, 2.75) is 6.92 Å². The van der Waals surface area contributed by atoms with Gasteiger partial charge in [-0.1, -0.05) is 36.0 Å². The summed E-state index contributed by atoms with van der Waals surface area (Å²) in [6.45, 7) is 5.80. The van der Waals surface area contributed by atoms with Crippen LogP contribution in [-0.2, 0) is 0 Å². The molecule has 1 N–H and O–H groups in total. The molecule has 0 aliphatic carbocycles. The first kappa shape index (κ1) is 12.0. The molecule has 0 aromatic heterocycles. The van der Waals surface area contributed by atoms with Crippen molar-refractivity contribution in [1.82, 2.24) is 0 Å². The molecule has 0 fully saturated rings. The van der Waals surface area contributed by atoms with Crippen molar-refractivity contribution in [2.24, 2.45) is 5.16 Å². The van der Waals surface area contributed by atoms with Crippen LogP contribution in [0, 0.1) is 0 Å². The standard InChI is InChI=1S/C13H15NO2/c1-3-10-16-13-8-6-12(7-9-13)5-4-11(2)14-15/h3-9,15H,1,10H2,2H3/b5-4+,14-11-.